The lowest BCUT2D eigenvalue weighted by Gasteiger charge is -2.35. The summed E-state index contributed by atoms with van der Waals surface area (Å²) >= 11 is 0. The number of halogens is 1. The molecule has 1 saturated heterocycles. The molecular formula is C22H25FN2O4. The van der Waals surface area contributed by atoms with Crippen LogP contribution < -0.4 is 9.47 Å². The zero-order valence-electron chi connectivity index (χ0n) is 16.9. The molecular weight excluding hydrogens is 375 g/mol. The first-order valence-corrected chi connectivity index (χ1v) is 9.60. The lowest BCUT2D eigenvalue weighted by atomic mass is 10.1. The Hall–Kier alpha value is -3.09. The quantitative estimate of drug-likeness (QED) is 0.774. The van der Waals surface area contributed by atoms with Gasteiger partial charge < -0.3 is 19.3 Å². The van der Waals surface area contributed by atoms with E-state index in [2.05, 4.69) is 0 Å². The Morgan fingerprint density at radius 2 is 1.48 bits per heavy atom. The van der Waals surface area contributed by atoms with Gasteiger partial charge in [-0.05, 0) is 49.7 Å². The topological polar surface area (TPSA) is 59.1 Å². The SMILES string of the molecule is CCOc1cc(C(=O)N2CCN(C(=O)c3ccc(C)c(F)c3)CC2)ccc1OC. The summed E-state index contributed by atoms with van der Waals surface area (Å²) in [6.07, 6.45) is 0. The Morgan fingerprint density at radius 1 is 0.931 bits per heavy atom. The molecule has 2 aromatic carbocycles. The Balaban J connectivity index is 1.65. The molecule has 1 aliphatic heterocycles. The summed E-state index contributed by atoms with van der Waals surface area (Å²) in [7, 11) is 1.55. The molecule has 7 heteroatoms. The van der Waals surface area contributed by atoms with E-state index in [0.717, 1.165) is 0 Å². The summed E-state index contributed by atoms with van der Waals surface area (Å²) in [5, 5.41) is 0. The highest BCUT2D eigenvalue weighted by Crippen LogP contribution is 2.28. The predicted molar refractivity (Wildman–Crippen MR) is 107 cm³/mol. The smallest absolute Gasteiger partial charge is 0.254 e. The maximum absolute atomic E-state index is 13.8. The Bertz CT molecular complexity index is 908. The summed E-state index contributed by atoms with van der Waals surface area (Å²) in [5.41, 5.74) is 1.34. The molecule has 0 aliphatic carbocycles. The molecule has 0 atom stereocenters. The molecule has 2 amide bonds. The van der Waals surface area contributed by atoms with Crippen LogP contribution in [-0.4, -0.2) is 61.5 Å². The first kappa shape index (κ1) is 20.6. The number of aryl methyl sites for hydroxylation is 1. The highest BCUT2D eigenvalue weighted by atomic mass is 19.1. The number of carbonyl (C=O) groups excluding carboxylic acids is 2. The molecule has 1 aliphatic rings. The third-order valence-electron chi connectivity index (χ3n) is 4.98. The second-order valence-electron chi connectivity index (χ2n) is 6.85. The van der Waals surface area contributed by atoms with E-state index in [1.165, 1.54) is 6.07 Å². The van der Waals surface area contributed by atoms with Crippen LogP contribution >= 0.6 is 0 Å². The molecule has 154 valence electrons. The van der Waals surface area contributed by atoms with Crippen LogP contribution in [0.4, 0.5) is 4.39 Å². The lowest BCUT2D eigenvalue weighted by Crippen LogP contribution is -2.50. The van der Waals surface area contributed by atoms with Gasteiger partial charge in [0.1, 0.15) is 5.82 Å². The number of methoxy groups -OCH3 is 1. The summed E-state index contributed by atoms with van der Waals surface area (Å²) in [5.74, 6) is 0.357. The maximum Gasteiger partial charge on any atom is 0.254 e. The van der Waals surface area contributed by atoms with Crippen LogP contribution in [-0.2, 0) is 0 Å². The van der Waals surface area contributed by atoms with Crippen molar-refractivity contribution in [3.05, 3.63) is 58.9 Å². The van der Waals surface area contributed by atoms with Crippen LogP contribution in [0.15, 0.2) is 36.4 Å². The van der Waals surface area contributed by atoms with Crippen LogP contribution in [0.3, 0.4) is 0 Å². The molecule has 0 N–H and O–H groups in total. The second-order valence-corrected chi connectivity index (χ2v) is 6.85. The van der Waals surface area contributed by atoms with Gasteiger partial charge in [-0.25, -0.2) is 4.39 Å². The van der Waals surface area contributed by atoms with E-state index in [1.54, 1.807) is 54.2 Å². The molecule has 0 bridgehead atoms. The van der Waals surface area contributed by atoms with E-state index in [0.29, 0.717) is 61.0 Å². The molecule has 0 saturated carbocycles. The van der Waals surface area contributed by atoms with Gasteiger partial charge in [0.25, 0.3) is 11.8 Å². The number of hydrogen-bond donors (Lipinski definition) is 0. The minimum atomic E-state index is -0.394. The summed E-state index contributed by atoms with van der Waals surface area (Å²) in [6.45, 7) is 5.61. The summed E-state index contributed by atoms with van der Waals surface area (Å²) < 4.78 is 24.6. The van der Waals surface area contributed by atoms with E-state index in [4.69, 9.17) is 9.47 Å². The largest absolute Gasteiger partial charge is 0.493 e. The normalized spacial score (nSPS) is 13.9. The average Bonchev–Trinajstić information content (AvgIpc) is 2.75. The third-order valence-corrected chi connectivity index (χ3v) is 4.98. The van der Waals surface area contributed by atoms with Crippen molar-refractivity contribution in [1.29, 1.82) is 0 Å². The monoisotopic (exact) mass is 400 g/mol. The van der Waals surface area contributed by atoms with Gasteiger partial charge in [0.05, 0.1) is 13.7 Å². The molecule has 0 unspecified atom stereocenters. The number of benzene rings is 2. The van der Waals surface area contributed by atoms with Crippen LogP contribution in [0.1, 0.15) is 33.2 Å². The van der Waals surface area contributed by atoms with Gasteiger partial charge in [0, 0.05) is 37.3 Å². The zero-order chi connectivity index (χ0) is 21.0. The average molecular weight is 400 g/mol. The van der Waals surface area contributed by atoms with Crippen LogP contribution in [0.25, 0.3) is 0 Å². The van der Waals surface area contributed by atoms with Crippen LogP contribution in [0, 0.1) is 12.7 Å². The Kier molecular flexibility index (Phi) is 6.36. The fourth-order valence-electron chi connectivity index (χ4n) is 3.28. The van der Waals surface area contributed by atoms with E-state index in [9.17, 15) is 14.0 Å². The number of ether oxygens (including phenoxy) is 2. The van der Waals surface area contributed by atoms with Crippen molar-refractivity contribution in [1.82, 2.24) is 9.80 Å². The highest BCUT2D eigenvalue weighted by Gasteiger charge is 2.26. The van der Waals surface area contributed by atoms with Gasteiger partial charge in [-0.15, -0.1) is 0 Å². The van der Waals surface area contributed by atoms with E-state index in [-0.39, 0.29) is 11.8 Å². The second kappa shape index (κ2) is 8.94. The summed E-state index contributed by atoms with van der Waals surface area (Å²) in [4.78, 5) is 28.8. The minimum absolute atomic E-state index is 0.123. The lowest BCUT2D eigenvalue weighted by molar-refractivity contribution is 0.0535. The molecule has 0 radical (unpaired) electrons. The summed E-state index contributed by atoms with van der Waals surface area (Å²) in [6, 6.07) is 9.59. The minimum Gasteiger partial charge on any atom is -0.493 e. The molecule has 1 heterocycles. The van der Waals surface area contributed by atoms with Crippen molar-refractivity contribution in [3.8, 4) is 11.5 Å². The van der Waals surface area contributed by atoms with Crippen LogP contribution in [0.5, 0.6) is 11.5 Å². The van der Waals surface area contributed by atoms with Crippen molar-refractivity contribution >= 4 is 11.8 Å². The molecule has 1 fully saturated rings. The molecule has 2 aromatic rings. The van der Waals surface area contributed by atoms with E-state index < -0.39 is 5.82 Å². The van der Waals surface area contributed by atoms with E-state index in [1.807, 2.05) is 6.92 Å². The fraction of sp³-hybridized carbons (Fsp3) is 0.364. The van der Waals surface area contributed by atoms with Crippen molar-refractivity contribution < 1.29 is 23.5 Å². The number of piperazine rings is 1. The van der Waals surface area contributed by atoms with Gasteiger partial charge in [0.2, 0.25) is 0 Å². The highest BCUT2D eigenvalue weighted by molar-refractivity contribution is 5.96. The molecule has 6 nitrogen and oxygen atoms in total. The van der Waals surface area contributed by atoms with Crippen molar-refractivity contribution in [2.75, 3.05) is 39.9 Å². The number of hydrogen-bond acceptors (Lipinski definition) is 4. The van der Waals surface area contributed by atoms with Gasteiger partial charge in [-0.3, -0.25) is 9.59 Å². The van der Waals surface area contributed by atoms with Crippen molar-refractivity contribution in [2.24, 2.45) is 0 Å². The number of amides is 2. The van der Waals surface area contributed by atoms with Crippen LogP contribution in [0.2, 0.25) is 0 Å². The Labute approximate surface area is 169 Å². The van der Waals surface area contributed by atoms with Gasteiger partial charge in [-0.2, -0.15) is 0 Å². The molecule has 3 rings (SSSR count). The Morgan fingerprint density at radius 3 is 2.00 bits per heavy atom. The van der Waals surface area contributed by atoms with Gasteiger partial charge in [0.15, 0.2) is 11.5 Å². The number of rotatable bonds is 5. The fourth-order valence-corrected chi connectivity index (χ4v) is 3.28. The molecule has 0 aromatic heterocycles. The first-order valence-electron chi connectivity index (χ1n) is 9.60. The van der Waals surface area contributed by atoms with Crippen molar-refractivity contribution in [2.45, 2.75) is 13.8 Å². The van der Waals surface area contributed by atoms with Gasteiger partial charge in [-0.1, -0.05) is 6.07 Å². The molecule has 0 spiro atoms. The standard InChI is InChI=1S/C22H25FN2O4/c1-4-29-20-14-17(7-8-19(20)28-3)22(27)25-11-9-24(10-12-25)21(26)16-6-5-15(2)18(23)13-16/h5-8,13-14H,4,9-12H2,1-3H3. The van der Waals surface area contributed by atoms with Crippen molar-refractivity contribution in [3.63, 3.8) is 0 Å². The number of carbonyl (C=O) groups is 2. The van der Waals surface area contributed by atoms with Gasteiger partial charge >= 0.3 is 0 Å². The maximum atomic E-state index is 13.8. The zero-order valence-corrected chi connectivity index (χ0v) is 16.9. The third kappa shape index (κ3) is 4.50. The molecule has 29 heavy (non-hydrogen) atoms. The van der Waals surface area contributed by atoms with E-state index >= 15 is 0 Å². The first-order chi connectivity index (χ1) is 13.9. The predicted octanol–water partition coefficient (Wildman–Crippen LogP) is 3.14. The number of nitrogens with zero attached hydrogens (tertiary/aromatic N) is 2.